The van der Waals surface area contributed by atoms with Gasteiger partial charge in [-0.05, 0) is 51.9 Å². The second-order valence-corrected chi connectivity index (χ2v) is 8.62. The van der Waals surface area contributed by atoms with E-state index in [2.05, 4.69) is 56.8 Å². The molecular weight excluding hydrogens is 440 g/mol. The van der Waals surface area contributed by atoms with E-state index in [9.17, 15) is 9.90 Å². The molecule has 0 aliphatic heterocycles. The number of rotatable bonds is 9. The molecule has 0 bridgehead atoms. The summed E-state index contributed by atoms with van der Waals surface area (Å²) >= 11 is 0. The average Bonchev–Trinajstić information content (AvgIpc) is 3.53. The topological polar surface area (TPSA) is 120 Å². The largest absolute Gasteiger partial charge is 0.481 e. The number of hydrogen-bond donors (Lipinski definition) is 3. The van der Waals surface area contributed by atoms with Gasteiger partial charge in [0, 0.05) is 12.0 Å². The maximum Gasteiger partial charge on any atom is 0.307 e. The van der Waals surface area contributed by atoms with Gasteiger partial charge in [0.2, 0.25) is 5.82 Å². The van der Waals surface area contributed by atoms with Crippen molar-refractivity contribution in [2.75, 3.05) is 0 Å². The molecule has 3 aromatic carbocycles. The number of aryl methyl sites for hydroxylation is 1. The minimum Gasteiger partial charge on any atom is -0.481 e. The van der Waals surface area contributed by atoms with Crippen molar-refractivity contribution in [1.29, 1.82) is 0 Å². The summed E-state index contributed by atoms with van der Waals surface area (Å²) in [7, 11) is 0. The van der Waals surface area contributed by atoms with Gasteiger partial charge in [0.15, 0.2) is 0 Å². The molecule has 0 aliphatic rings. The summed E-state index contributed by atoms with van der Waals surface area (Å²) in [6.07, 6.45) is 3.74. The van der Waals surface area contributed by atoms with Gasteiger partial charge < -0.3 is 10.1 Å². The molecule has 0 atom stereocenters. The summed E-state index contributed by atoms with van der Waals surface area (Å²) in [6, 6.07) is 20.3. The maximum atomic E-state index is 11.2. The molecule has 0 saturated heterocycles. The number of fused-ring (bicyclic) bond motifs is 1. The lowest BCUT2D eigenvalue weighted by atomic mass is 9.91. The Bertz CT molecular complexity index is 1470. The van der Waals surface area contributed by atoms with Crippen molar-refractivity contribution in [3.63, 3.8) is 0 Å². The third-order valence-corrected chi connectivity index (χ3v) is 6.13. The number of nitrogens with one attached hydrogen (secondary N) is 2. The first-order valence-electron chi connectivity index (χ1n) is 11.8. The summed E-state index contributed by atoms with van der Waals surface area (Å²) in [5, 5.41) is 23.9. The first kappa shape index (κ1) is 22.5. The highest BCUT2D eigenvalue weighted by molar-refractivity contribution is 5.84. The van der Waals surface area contributed by atoms with Gasteiger partial charge in [-0.3, -0.25) is 4.79 Å². The van der Waals surface area contributed by atoms with Crippen LogP contribution in [0.2, 0.25) is 0 Å². The molecular formula is C27H26N6O2. The van der Waals surface area contributed by atoms with Gasteiger partial charge in [-0.25, -0.2) is 4.98 Å². The first-order valence-corrected chi connectivity index (χ1v) is 11.8. The molecule has 0 unspecified atom stereocenters. The summed E-state index contributed by atoms with van der Waals surface area (Å²) in [5.74, 6) is 0.532. The number of benzene rings is 3. The van der Waals surface area contributed by atoms with Crippen molar-refractivity contribution >= 4 is 17.0 Å². The fourth-order valence-electron chi connectivity index (χ4n) is 4.51. The smallest absolute Gasteiger partial charge is 0.307 e. The number of carboxylic acids is 1. The van der Waals surface area contributed by atoms with E-state index in [0.717, 1.165) is 63.9 Å². The van der Waals surface area contributed by atoms with Gasteiger partial charge in [0.25, 0.3) is 0 Å². The van der Waals surface area contributed by atoms with E-state index in [0.29, 0.717) is 12.2 Å². The Morgan fingerprint density at radius 2 is 1.83 bits per heavy atom. The van der Waals surface area contributed by atoms with E-state index >= 15 is 0 Å². The minimum atomic E-state index is -0.862. The van der Waals surface area contributed by atoms with Crippen LogP contribution >= 0.6 is 0 Å². The number of unbranched alkanes of at least 4 members (excludes halogenated alkanes) is 1. The normalized spacial score (nSPS) is 11.2. The number of tetrazole rings is 1. The second-order valence-electron chi connectivity index (χ2n) is 8.62. The molecule has 8 nitrogen and oxygen atoms in total. The minimum absolute atomic E-state index is 0.0444. The number of aromatic amines is 2. The van der Waals surface area contributed by atoms with E-state index in [1.54, 1.807) is 0 Å². The van der Waals surface area contributed by atoms with Crippen molar-refractivity contribution in [3.05, 3.63) is 83.2 Å². The van der Waals surface area contributed by atoms with Gasteiger partial charge in [0.05, 0.1) is 17.5 Å². The molecule has 5 rings (SSSR count). The molecule has 3 N–H and O–H groups in total. The van der Waals surface area contributed by atoms with Crippen molar-refractivity contribution in [1.82, 2.24) is 30.6 Å². The van der Waals surface area contributed by atoms with Gasteiger partial charge in [-0.2, -0.15) is 5.21 Å². The molecule has 0 fully saturated rings. The lowest BCUT2D eigenvalue weighted by Gasteiger charge is -2.14. The Morgan fingerprint density at radius 3 is 2.60 bits per heavy atom. The molecule has 0 radical (unpaired) electrons. The van der Waals surface area contributed by atoms with E-state index in [-0.39, 0.29) is 6.42 Å². The predicted octanol–water partition coefficient (Wildman–Crippen LogP) is 4.97. The molecule has 5 aromatic rings. The van der Waals surface area contributed by atoms with Crippen LogP contribution < -0.4 is 0 Å². The van der Waals surface area contributed by atoms with Crippen LogP contribution in [0.15, 0.2) is 60.7 Å². The zero-order valence-corrected chi connectivity index (χ0v) is 19.5. The summed E-state index contributed by atoms with van der Waals surface area (Å²) < 4.78 is 0. The zero-order chi connectivity index (χ0) is 24.2. The van der Waals surface area contributed by atoms with Gasteiger partial charge in [-0.15, -0.1) is 10.2 Å². The zero-order valence-electron chi connectivity index (χ0n) is 19.5. The molecule has 0 spiro atoms. The van der Waals surface area contributed by atoms with Crippen LogP contribution in [-0.4, -0.2) is 41.7 Å². The van der Waals surface area contributed by atoms with Crippen LogP contribution in [0.25, 0.3) is 33.5 Å². The molecule has 8 heteroatoms. The van der Waals surface area contributed by atoms with E-state index in [1.807, 2.05) is 36.4 Å². The number of aliphatic carboxylic acids is 1. The fourth-order valence-corrected chi connectivity index (χ4v) is 4.51. The van der Waals surface area contributed by atoms with Crippen molar-refractivity contribution in [2.24, 2.45) is 0 Å². The predicted molar refractivity (Wildman–Crippen MR) is 134 cm³/mol. The SMILES string of the molecule is CCCCc1cc(Cc2nc3c(CC(=O)O)cccc3[nH]2)ccc1-c1ccccc1-c1nn[nH]n1. The van der Waals surface area contributed by atoms with Crippen LogP contribution in [0.1, 0.15) is 42.3 Å². The average molecular weight is 467 g/mol. The molecule has 176 valence electrons. The van der Waals surface area contributed by atoms with Crippen LogP contribution in [0.4, 0.5) is 0 Å². The molecule has 2 heterocycles. The Balaban J connectivity index is 1.50. The van der Waals surface area contributed by atoms with E-state index < -0.39 is 5.97 Å². The maximum absolute atomic E-state index is 11.2. The van der Waals surface area contributed by atoms with E-state index in [1.165, 1.54) is 5.56 Å². The van der Waals surface area contributed by atoms with E-state index in [4.69, 9.17) is 4.98 Å². The Hall–Kier alpha value is -4.33. The Morgan fingerprint density at radius 1 is 0.971 bits per heavy atom. The number of carboxylic acid groups (broad SMARTS) is 1. The van der Waals surface area contributed by atoms with Crippen LogP contribution in [-0.2, 0) is 24.1 Å². The quantitative estimate of drug-likeness (QED) is 0.282. The first-order chi connectivity index (χ1) is 17.1. The van der Waals surface area contributed by atoms with Crippen molar-refractivity contribution < 1.29 is 9.90 Å². The van der Waals surface area contributed by atoms with Gasteiger partial charge >= 0.3 is 5.97 Å². The van der Waals surface area contributed by atoms with Crippen LogP contribution in [0.5, 0.6) is 0 Å². The molecule has 0 amide bonds. The summed E-state index contributed by atoms with van der Waals surface area (Å²) in [5.41, 5.74) is 7.89. The number of hydrogen-bond acceptors (Lipinski definition) is 5. The highest BCUT2D eigenvalue weighted by Gasteiger charge is 2.15. The molecule has 35 heavy (non-hydrogen) atoms. The Kier molecular flexibility index (Phi) is 6.34. The lowest BCUT2D eigenvalue weighted by Crippen LogP contribution is -2.00. The third-order valence-electron chi connectivity index (χ3n) is 6.13. The molecule has 0 saturated carbocycles. The fraction of sp³-hybridized carbons (Fsp3) is 0.222. The number of nitrogens with zero attached hydrogens (tertiary/aromatic N) is 4. The second kappa shape index (κ2) is 9.89. The summed E-state index contributed by atoms with van der Waals surface area (Å²) in [6.45, 7) is 2.19. The summed E-state index contributed by atoms with van der Waals surface area (Å²) in [4.78, 5) is 19.3. The van der Waals surface area contributed by atoms with Gasteiger partial charge in [0.1, 0.15) is 5.82 Å². The third kappa shape index (κ3) is 4.82. The number of aromatic nitrogens is 6. The number of imidazole rings is 1. The highest BCUT2D eigenvalue weighted by atomic mass is 16.4. The van der Waals surface area contributed by atoms with Crippen molar-refractivity contribution in [2.45, 2.75) is 39.0 Å². The highest BCUT2D eigenvalue weighted by Crippen LogP contribution is 2.33. The van der Waals surface area contributed by atoms with Crippen molar-refractivity contribution in [3.8, 4) is 22.5 Å². The standard InChI is InChI=1S/C27H26N6O2/c1-2-3-7-18-14-17(15-24-28-23-11-6-8-19(16-25(34)35)26(23)29-24)12-13-20(18)21-9-4-5-10-22(21)27-30-32-33-31-27/h4-6,8-14H,2-3,7,15-16H2,1H3,(H,28,29)(H,34,35)(H,30,31,32,33). The number of H-pyrrole nitrogens is 2. The van der Waals surface area contributed by atoms with Crippen LogP contribution in [0, 0.1) is 0 Å². The number of carbonyl (C=O) groups is 1. The number of para-hydroxylation sites is 1. The van der Waals surface area contributed by atoms with Crippen LogP contribution in [0.3, 0.4) is 0 Å². The Labute approximate surface area is 202 Å². The molecule has 2 aromatic heterocycles. The lowest BCUT2D eigenvalue weighted by molar-refractivity contribution is -0.136. The van der Waals surface area contributed by atoms with Gasteiger partial charge in [-0.1, -0.05) is 67.9 Å². The monoisotopic (exact) mass is 466 g/mol. The molecule has 0 aliphatic carbocycles.